The number of carbonyl (C=O) groups excluding carboxylic acids is 1. The zero-order valence-electron chi connectivity index (χ0n) is 10.7. The molecule has 1 aliphatic heterocycles. The zero-order valence-corrected chi connectivity index (χ0v) is 11.5. The van der Waals surface area contributed by atoms with Crippen molar-refractivity contribution in [3.8, 4) is 6.07 Å². The summed E-state index contributed by atoms with van der Waals surface area (Å²) in [5.74, 6) is -0.555. The molecule has 104 valence electrons. The molecule has 0 bridgehead atoms. The number of sulfonamides is 1. The van der Waals surface area contributed by atoms with Gasteiger partial charge in [0.2, 0.25) is 0 Å². The molecule has 0 saturated carbocycles. The number of benzene rings is 1. The van der Waals surface area contributed by atoms with E-state index in [9.17, 15) is 13.2 Å². The van der Waals surface area contributed by atoms with Crippen molar-refractivity contribution < 1.29 is 13.2 Å². The van der Waals surface area contributed by atoms with E-state index in [1.807, 2.05) is 6.07 Å². The van der Waals surface area contributed by atoms with Crippen LogP contribution in [0.2, 0.25) is 0 Å². The minimum atomic E-state index is -3.83. The number of pyridine rings is 1. The molecule has 0 fully saturated rings. The SMILES string of the molecule is N#Cc1cc(CN2C(=O)c3ccccc3S2(=O)=O)ccn1. The van der Waals surface area contributed by atoms with Gasteiger partial charge in [0.05, 0.1) is 12.1 Å². The van der Waals surface area contributed by atoms with Gasteiger partial charge in [0.1, 0.15) is 16.7 Å². The van der Waals surface area contributed by atoms with Crippen LogP contribution in [-0.2, 0) is 16.6 Å². The standard InChI is InChI=1S/C14H9N3O3S/c15-8-11-7-10(5-6-16-11)9-17-14(18)12-3-1-2-4-13(12)21(17,19)20/h1-7H,9H2. The lowest BCUT2D eigenvalue weighted by Gasteiger charge is -2.14. The van der Waals surface area contributed by atoms with Gasteiger partial charge >= 0.3 is 0 Å². The molecule has 2 heterocycles. The number of nitrogens with zero attached hydrogens (tertiary/aromatic N) is 3. The molecule has 1 aliphatic rings. The fraction of sp³-hybridized carbons (Fsp3) is 0.0714. The van der Waals surface area contributed by atoms with Crippen molar-refractivity contribution in [2.75, 3.05) is 0 Å². The van der Waals surface area contributed by atoms with Gasteiger partial charge in [-0.1, -0.05) is 12.1 Å². The molecule has 0 aliphatic carbocycles. The molecule has 1 aromatic heterocycles. The third-order valence-electron chi connectivity index (χ3n) is 3.18. The first-order valence-electron chi connectivity index (χ1n) is 6.05. The molecule has 1 amide bonds. The molecule has 0 N–H and O–H groups in total. The summed E-state index contributed by atoms with van der Waals surface area (Å²) < 4.78 is 25.6. The van der Waals surface area contributed by atoms with Gasteiger partial charge in [-0.05, 0) is 29.8 Å². The molecule has 1 aromatic carbocycles. The van der Waals surface area contributed by atoms with Gasteiger partial charge in [-0.25, -0.2) is 17.7 Å². The van der Waals surface area contributed by atoms with Crippen LogP contribution in [0.25, 0.3) is 0 Å². The molecule has 0 radical (unpaired) electrons. The van der Waals surface area contributed by atoms with Gasteiger partial charge in [-0.2, -0.15) is 5.26 Å². The number of hydrogen-bond acceptors (Lipinski definition) is 5. The third kappa shape index (κ3) is 2.06. The van der Waals surface area contributed by atoms with Crippen LogP contribution in [0.3, 0.4) is 0 Å². The second-order valence-corrected chi connectivity index (χ2v) is 6.30. The van der Waals surface area contributed by atoms with Crippen molar-refractivity contribution in [3.05, 3.63) is 59.4 Å². The van der Waals surface area contributed by atoms with E-state index in [1.165, 1.54) is 24.4 Å². The predicted molar refractivity (Wildman–Crippen MR) is 72.5 cm³/mol. The van der Waals surface area contributed by atoms with Crippen LogP contribution in [0.15, 0.2) is 47.5 Å². The minimum Gasteiger partial charge on any atom is -0.268 e. The van der Waals surface area contributed by atoms with E-state index < -0.39 is 15.9 Å². The topological polar surface area (TPSA) is 91.1 Å². The molecular formula is C14H9N3O3S. The summed E-state index contributed by atoms with van der Waals surface area (Å²) in [7, 11) is -3.83. The van der Waals surface area contributed by atoms with Gasteiger partial charge in [0, 0.05) is 6.20 Å². The lowest BCUT2D eigenvalue weighted by molar-refractivity contribution is 0.0865. The van der Waals surface area contributed by atoms with Crippen LogP contribution in [-0.4, -0.2) is 23.6 Å². The Morgan fingerprint density at radius 3 is 2.71 bits per heavy atom. The maximum atomic E-state index is 12.4. The van der Waals surface area contributed by atoms with Crippen molar-refractivity contribution in [1.82, 2.24) is 9.29 Å². The molecule has 0 atom stereocenters. The summed E-state index contributed by atoms with van der Waals surface area (Å²) in [4.78, 5) is 16.1. The van der Waals surface area contributed by atoms with Gasteiger partial charge in [0.25, 0.3) is 15.9 Å². The first-order valence-corrected chi connectivity index (χ1v) is 7.49. The largest absolute Gasteiger partial charge is 0.269 e. The summed E-state index contributed by atoms with van der Waals surface area (Å²) in [5, 5.41) is 8.81. The second kappa shape index (κ2) is 4.68. The number of aromatic nitrogens is 1. The molecule has 21 heavy (non-hydrogen) atoms. The fourth-order valence-electron chi connectivity index (χ4n) is 2.19. The lowest BCUT2D eigenvalue weighted by Crippen LogP contribution is -2.29. The number of carbonyl (C=O) groups is 1. The van der Waals surface area contributed by atoms with Gasteiger partial charge in [-0.3, -0.25) is 4.79 Å². The van der Waals surface area contributed by atoms with Crippen molar-refractivity contribution >= 4 is 15.9 Å². The molecular weight excluding hydrogens is 290 g/mol. The van der Waals surface area contributed by atoms with Crippen LogP contribution < -0.4 is 0 Å². The van der Waals surface area contributed by atoms with E-state index in [0.29, 0.717) is 5.56 Å². The Kier molecular flexibility index (Phi) is 2.96. The summed E-state index contributed by atoms with van der Waals surface area (Å²) >= 11 is 0. The quantitative estimate of drug-likeness (QED) is 0.833. The van der Waals surface area contributed by atoms with E-state index in [-0.39, 0.29) is 22.7 Å². The Balaban J connectivity index is 2.02. The van der Waals surface area contributed by atoms with Crippen LogP contribution in [0, 0.1) is 11.3 Å². The van der Waals surface area contributed by atoms with E-state index in [2.05, 4.69) is 4.98 Å². The highest BCUT2D eigenvalue weighted by atomic mass is 32.2. The van der Waals surface area contributed by atoms with Crippen molar-refractivity contribution in [2.45, 2.75) is 11.4 Å². The number of rotatable bonds is 2. The molecule has 0 unspecified atom stereocenters. The summed E-state index contributed by atoms with van der Waals surface area (Å²) in [5.41, 5.74) is 0.882. The second-order valence-electron chi connectivity index (χ2n) is 4.47. The number of amides is 1. The van der Waals surface area contributed by atoms with Crippen molar-refractivity contribution in [2.24, 2.45) is 0 Å². The van der Waals surface area contributed by atoms with Crippen LogP contribution in [0.5, 0.6) is 0 Å². The third-order valence-corrected chi connectivity index (χ3v) is 4.96. The molecule has 3 rings (SSSR count). The fourth-order valence-corrected chi connectivity index (χ4v) is 3.74. The molecule has 6 nitrogen and oxygen atoms in total. The number of nitriles is 1. The Morgan fingerprint density at radius 2 is 2.00 bits per heavy atom. The summed E-state index contributed by atoms with van der Waals surface area (Å²) in [6, 6.07) is 11.0. The average molecular weight is 299 g/mol. The predicted octanol–water partition coefficient (Wildman–Crippen LogP) is 1.30. The van der Waals surface area contributed by atoms with Crippen LogP contribution >= 0.6 is 0 Å². The Morgan fingerprint density at radius 1 is 1.24 bits per heavy atom. The highest BCUT2D eigenvalue weighted by molar-refractivity contribution is 7.90. The Labute approximate surface area is 121 Å². The van der Waals surface area contributed by atoms with Crippen molar-refractivity contribution in [1.29, 1.82) is 5.26 Å². The van der Waals surface area contributed by atoms with Gasteiger partial charge in [0.15, 0.2) is 0 Å². The highest BCUT2D eigenvalue weighted by Crippen LogP contribution is 2.31. The maximum Gasteiger partial charge on any atom is 0.269 e. The zero-order chi connectivity index (χ0) is 15.0. The summed E-state index contributed by atoms with van der Waals surface area (Å²) in [6.45, 7) is -0.118. The van der Waals surface area contributed by atoms with E-state index in [4.69, 9.17) is 5.26 Å². The number of fused-ring (bicyclic) bond motifs is 1. The highest BCUT2D eigenvalue weighted by Gasteiger charge is 2.40. The molecule has 2 aromatic rings. The first-order chi connectivity index (χ1) is 10.0. The minimum absolute atomic E-state index is 0.0181. The van der Waals surface area contributed by atoms with Gasteiger partial charge < -0.3 is 0 Å². The molecule has 0 saturated heterocycles. The molecule has 0 spiro atoms. The van der Waals surface area contributed by atoms with E-state index >= 15 is 0 Å². The lowest BCUT2D eigenvalue weighted by atomic mass is 10.2. The van der Waals surface area contributed by atoms with E-state index in [1.54, 1.807) is 18.2 Å². The number of hydrogen-bond donors (Lipinski definition) is 0. The molecule has 7 heteroatoms. The Hall–Kier alpha value is -2.72. The van der Waals surface area contributed by atoms with Crippen molar-refractivity contribution in [3.63, 3.8) is 0 Å². The normalized spacial score (nSPS) is 15.6. The van der Waals surface area contributed by atoms with Gasteiger partial charge in [-0.15, -0.1) is 0 Å². The monoisotopic (exact) mass is 299 g/mol. The van der Waals surface area contributed by atoms with Crippen LogP contribution in [0.4, 0.5) is 0 Å². The average Bonchev–Trinajstić information content (AvgIpc) is 2.69. The Bertz CT molecular complexity index is 884. The van der Waals surface area contributed by atoms with Crippen LogP contribution in [0.1, 0.15) is 21.6 Å². The first kappa shape index (κ1) is 13.3. The summed E-state index contributed by atoms with van der Waals surface area (Å²) in [6.07, 6.45) is 1.41. The maximum absolute atomic E-state index is 12.4. The smallest absolute Gasteiger partial charge is 0.268 e. The van der Waals surface area contributed by atoms with E-state index in [0.717, 1.165) is 4.31 Å².